The van der Waals surface area contributed by atoms with Crippen LogP contribution in [-0.2, 0) is 14.4 Å². The summed E-state index contributed by atoms with van der Waals surface area (Å²) in [5, 5.41) is 8.93. The Morgan fingerprint density at radius 2 is 2.00 bits per heavy atom. The standard InChI is InChI=1S/C25H31FN6O3S/c1-15(14-36-2)30-12-18-23(25(30)35)31(13-21(33)28-20-9-8-17(26)11-27-20)22-10-19(29-32(22)24(18)34)16-6-4-3-5-7-16/h8-9,11,15-16,22H,3-7,10,12-14H2,1-2H3,(H,27,28,33)/t15-,22-/m0/s1. The molecule has 1 aliphatic carbocycles. The van der Waals surface area contributed by atoms with Crippen molar-refractivity contribution >= 4 is 41.0 Å². The van der Waals surface area contributed by atoms with E-state index in [1.165, 1.54) is 23.6 Å². The molecule has 0 aromatic carbocycles. The largest absolute Gasteiger partial charge is 0.335 e. The van der Waals surface area contributed by atoms with E-state index in [0.717, 1.165) is 43.3 Å². The number of hydrogen-bond acceptors (Lipinski definition) is 7. The van der Waals surface area contributed by atoms with Crippen molar-refractivity contribution in [3.63, 3.8) is 0 Å². The molecule has 1 saturated carbocycles. The summed E-state index contributed by atoms with van der Waals surface area (Å²) in [6.45, 7) is 2.04. The van der Waals surface area contributed by atoms with Crippen LogP contribution in [0, 0.1) is 11.7 Å². The predicted molar refractivity (Wildman–Crippen MR) is 135 cm³/mol. The smallest absolute Gasteiger partial charge is 0.276 e. The monoisotopic (exact) mass is 514 g/mol. The number of rotatable bonds is 7. The van der Waals surface area contributed by atoms with E-state index in [-0.39, 0.29) is 36.8 Å². The van der Waals surface area contributed by atoms with E-state index < -0.39 is 17.9 Å². The second kappa shape index (κ2) is 10.2. The predicted octanol–water partition coefficient (Wildman–Crippen LogP) is 2.82. The number of thioether (sulfide) groups is 1. The third-order valence-corrected chi connectivity index (χ3v) is 8.24. The van der Waals surface area contributed by atoms with Crippen LogP contribution in [0.1, 0.15) is 45.4 Å². The molecule has 0 saturated heterocycles. The maximum atomic E-state index is 13.6. The molecule has 4 heterocycles. The molecule has 3 amide bonds. The van der Waals surface area contributed by atoms with Crippen molar-refractivity contribution in [3.8, 4) is 0 Å². The molecule has 36 heavy (non-hydrogen) atoms. The number of aromatic nitrogens is 1. The normalized spacial score (nSPS) is 23.1. The Morgan fingerprint density at radius 3 is 2.69 bits per heavy atom. The zero-order chi connectivity index (χ0) is 25.4. The number of carbonyl (C=O) groups is 3. The van der Waals surface area contributed by atoms with E-state index in [4.69, 9.17) is 5.10 Å². The zero-order valence-corrected chi connectivity index (χ0v) is 21.4. The lowest BCUT2D eigenvalue weighted by Gasteiger charge is -2.38. The van der Waals surface area contributed by atoms with Crippen LogP contribution in [0.15, 0.2) is 34.7 Å². The molecule has 0 bridgehead atoms. The Kier molecular flexibility index (Phi) is 7.00. The Labute approximate surface area is 214 Å². The lowest BCUT2D eigenvalue weighted by molar-refractivity contribution is -0.137. The minimum Gasteiger partial charge on any atom is -0.335 e. The van der Waals surface area contributed by atoms with Gasteiger partial charge in [0.1, 0.15) is 23.5 Å². The van der Waals surface area contributed by atoms with Crippen molar-refractivity contribution in [2.75, 3.05) is 30.4 Å². The second-order valence-corrected chi connectivity index (χ2v) is 10.8. The van der Waals surface area contributed by atoms with Crippen molar-refractivity contribution in [1.29, 1.82) is 0 Å². The number of pyridine rings is 1. The number of carbonyl (C=O) groups excluding carboxylic acids is 3. The number of nitrogens with one attached hydrogen (secondary N) is 1. The molecule has 1 aromatic heterocycles. The van der Waals surface area contributed by atoms with Crippen LogP contribution < -0.4 is 5.32 Å². The van der Waals surface area contributed by atoms with Crippen molar-refractivity contribution in [3.05, 3.63) is 35.4 Å². The van der Waals surface area contributed by atoms with Gasteiger partial charge in [0, 0.05) is 23.9 Å². The van der Waals surface area contributed by atoms with Crippen molar-refractivity contribution in [1.82, 2.24) is 19.8 Å². The van der Waals surface area contributed by atoms with Gasteiger partial charge in [-0.15, -0.1) is 0 Å². The fraction of sp³-hybridized carbons (Fsp3) is 0.560. The lowest BCUT2D eigenvalue weighted by atomic mass is 9.84. The van der Waals surface area contributed by atoms with Gasteiger partial charge in [0.25, 0.3) is 11.8 Å². The van der Waals surface area contributed by atoms with E-state index >= 15 is 0 Å². The molecule has 9 nitrogen and oxygen atoms in total. The first-order chi connectivity index (χ1) is 17.4. The number of anilines is 1. The minimum absolute atomic E-state index is 0.0545. The average molecular weight is 515 g/mol. The summed E-state index contributed by atoms with van der Waals surface area (Å²) < 4.78 is 13.2. The number of hydrazone groups is 1. The van der Waals surface area contributed by atoms with Crippen molar-refractivity contribution in [2.45, 2.75) is 57.7 Å². The Balaban J connectivity index is 1.42. The molecule has 5 rings (SSSR count). The fourth-order valence-electron chi connectivity index (χ4n) is 5.62. The van der Waals surface area contributed by atoms with Crippen LogP contribution in [0.25, 0.3) is 0 Å². The second-order valence-electron chi connectivity index (χ2n) is 9.86. The maximum Gasteiger partial charge on any atom is 0.276 e. The van der Waals surface area contributed by atoms with Gasteiger partial charge in [0.2, 0.25) is 5.91 Å². The molecule has 11 heteroatoms. The molecule has 0 spiro atoms. The summed E-state index contributed by atoms with van der Waals surface area (Å²) in [7, 11) is 0. The van der Waals surface area contributed by atoms with Gasteiger partial charge in [-0.1, -0.05) is 19.3 Å². The Morgan fingerprint density at radius 1 is 1.22 bits per heavy atom. The van der Waals surface area contributed by atoms with Crippen LogP contribution in [0.5, 0.6) is 0 Å². The highest BCUT2D eigenvalue weighted by atomic mass is 32.2. The van der Waals surface area contributed by atoms with E-state index in [2.05, 4.69) is 10.3 Å². The first-order valence-electron chi connectivity index (χ1n) is 12.5. The molecular weight excluding hydrogens is 483 g/mol. The van der Waals surface area contributed by atoms with Gasteiger partial charge in [-0.05, 0) is 44.1 Å². The summed E-state index contributed by atoms with van der Waals surface area (Å²) in [6.07, 6.45) is 8.63. The Hall–Kier alpha value is -2.95. The Bertz CT molecular complexity index is 1120. The van der Waals surface area contributed by atoms with E-state index in [0.29, 0.717) is 23.6 Å². The molecular formula is C25H31FN6O3S. The summed E-state index contributed by atoms with van der Waals surface area (Å²) in [4.78, 5) is 47.5. The van der Waals surface area contributed by atoms with Crippen LogP contribution in [-0.4, -0.2) is 80.5 Å². The van der Waals surface area contributed by atoms with Crippen LogP contribution >= 0.6 is 11.8 Å². The highest BCUT2D eigenvalue weighted by Gasteiger charge is 2.51. The molecule has 2 atom stereocenters. The van der Waals surface area contributed by atoms with Gasteiger partial charge >= 0.3 is 0 Å². The number of nitrogens with zero attached hydrogens (tertiary/aromatic N) is 5. The number of fused-ring (bicyclic) bond motifs is 1. The third-order valence-electron chi connectivity index (χ3n) is 7.43. The van der Waals surface area contributed by atoms with Crippen LogP contribution in [0.2, 0.25) is 0 Å². The molecule has 3 aliphatic heterocycles. The summed E-state index contributed by atoms with van der Waals surface area (Å²) >= 11 is 1.64. The SMILES string of the molecule is CSC[C@H](C)N1CC2=C(C1=O)N(CC(=O)Nc1ccc(F)cn1)[C@@H]1CC(C3CCCCC3)=NN1C2=O. The van der Waals surface area contributed by atoms with E-state index in [1.807, 2.05) is 13.2 Å². The molecule has 4 aliphatic rings. The molecule has 1 N–H and O–H groups in total. The van der Waals surface area contributed by atoms with Crippen molar-refractivity contribution in [2.24, 2.45) is 11.0 Å². The molecule has 1 fully saturated rings. The first-order valence-corrected chi connectivity index (χ1v) is 13.9. The van der Waals surface area contributed by atoms with E-state index in [9.17, 15) is 18.8 Å². The van der Waals surface area contributed by atoms with Gasteiger partial charge in [0.05, 0.1) is 24.9 Å². The molecule has 0 radical (unpaired) electrons. The van der Waals surface area contributed by atoms with Crippen molar-refractivity contribution < 1.29 is 18.8 Å². The third kappa shape index (κ3) is 4.60. The highest BCUT2D eigenvalue weighted by Crippen LogP contribution is 2.39. The van der Waals surface area contributed by atoms with Gasteiger partial charge in [-0.25, -0.2) is 14.4 Å². The first kappa shape index (κ1) is 24.7. The minimum atomic E-state index is -0.514. The van der Waals surface area contributed by atoms with Crippen LogP contribution in [0.4, 0.5) is 10.2 Å². The number of amides is 3. The van der Waals surface area contributed by atoms with Gasteiger partial charge in [-0.2, -0.15) is 16.9 Å². The van der Waals surface area contributed by atoms with Gasteiger partial charge in [-0.3, -0.25) is 14.4 Å². The highest BCUT2D eigenvalue weighted by molar-refractivity contribution is 7.98. The summed E-state index contributed by atoms with van der Waals surface area (Å²) in [5.74, 6) is -0.0664. The lowest BCUT2D eigenvalue weighted by Crippen LogP contribution is -2.53. The van der Waals surface area contributed by atoms with Gasteiger partial charge < -0.3 is 15.1 Å². The molecule has 0 unspecified atom stereocenters. The number of hydrogen-bond donors (Lipinski definition) is 1. The van der Waals surface area contributed by atoms with E-state index in [1.54, 1.807) is 21.6 Å². The summed E-state index contributed by atoms with van der Waals surface area (Å²) in [6, 6.07) is 2.55. The molecule has 192 valence electrons. The summed E-state index contributed by atoms with van der Waals surface area (Å²) in [5.41, 5.74) is 1.68. The number of halogens is 1. The van der Waals surface area contributed by atoms with Gasteiger partial charge in [0.15, 0.2) is 0 Å². The molecule has 1 aromatic rings. The average Bonchev–Trinajstić information content (AvgIpc) is 3.47. The van der Waals surface area contributed by atoms with Crippen LogP contribution in [0.3, 0.4) is 0 Å². The fourth-order valence-corrected chi connectivity index (χ4v) is 6.28. The quantitative estimate of drug-likeness (QED) is 0.601. The topological polar surface area (TPSA) is 98.2 Å². The maximum absolute atomic E-state index is 13.6. The zero-order valence-electron chi connectivity index (χ0n) is 20.6.